The second-order valence-corrected chi connectivity index (χ2v) is 5.01. The smallest absolute Gasteiger partial charge is 0.375 e. The van der Waals surface area contributed by atoms with Gasteiger partial charge in [0.1, 0.15) is 11.5 Å². The summed E-state index contributed by atoms with van der Waals surface area (Å²) in [4.78, 5) is 12.9. The number of carbonyl (C=O) groups is 1. The van der Waals surface area contributed by atoms with Gasteiger partial charge in [-0.15, -0.1) is 0 Å². The van der Waals surface area contributed by atoms with Crippen molar-refractivity contribution in [2.75, 3.05) is 12.0 Å². The van der Waals surface area contributed by atoms with E-state index in [1.165, 1.54) is 23.1 Å². The van der Waals surface area contributed by atoms with E-state index >= 15 is 0 Å². The fourth-order valence-corrected chi connectivity index (χ4v) is 2.36. The monoisotopic (exact) mass is 335 g/mol. The van der Waals surface area contributed by atoms with Crippen LogP contribution in [0.2, 0.25) is 0 Å². The molecule has 0 unspecified atom stereocenters. The Kier molecular flexibility index (Phi) is 4.16. The Morgan fingerprint density at radius 2 is 1.79 bits per heavy atom. The maximum absolute atomic E-state index is 14.2. The number of hydrogen-bond donors (Lipinski definition) is 0. The first-order valence-electron chi connectivity index (χ1n) is 6.97. The average molecular weight is 335 g/mol. The van der Waals surface area contributed by atoms with E-state index in [4.69, 9.17) is 4.74 Å². The lowest BCUT2D eigenvalue weighted by Gasteiger charge is -2.29. The van der Waals surface area contributed by atoms with Crippen molar-refractivity contribution >= 4 is 11.7 Å². The number of carbonyl (C=O) groups excluding carboxylic acids is 1. The second kappa shape index (κ2) is 6.27. The number of esters is 1. The number of fused-ring (bicyclic) bond motifs is 1. The SMILES string of the molecule is COC(=O)C1=CN(Cc2ccccc2F)c2c(F)ccc(F)c2O1. The van der Waals surface area contributed by atoms with Gasteiger partial charge in [0.15, 0.2) is 17.4 Å². The summed E-state index contributed by atoms with van der Waals surface area (Å²) < 4.78 is 51.8. The lowest BCUT2D eigenvalue weighted by molar-refractivity contribution is -0.138. The van der Waals surface area contributed by atoms with E-state index in [1.54, 1.807) is 6.07 Å². The zero-order valence-corrected chi connectivity index (χ0v) is 12.6. The van der Waals surface area contributed by atoms with Gasteiger partial charge in [-0.1, -0.05) is 18.2 Å². The molecular formula is C17H12F3NO3. The van der Waals surface area contributed by atoms with Gasteiger partial charge in [0, 0.05) is 5.56 Å². The van der Waals surface area contributed by atoms with Crippen LogP contribution in [0.1, 0.15) is 5.56 Å². The molecule has 0 fully saturated rings. The predicted molar refractivity (Wildman–Crippen MR) is 79.7 cm³/mol. The first-order valence-corrected chi connectivity index (χ1v) is 6.97. The standard InChI is InChI=1S/C17H12F3NO3/c1-23-17(22)14-9-21(8-10-4-2-3-5-11(10)18)15-12(19)6-7-13(20)16(15)24-14/h2-7,9H,8H2,1H3. The van der Waals surface area contributed by atoms with E-state index in [-0.39, 0.29) is 23.6 Å². The Bertz CT molecular complexity index is 836. The molecule has 0 aliphatic carbocycles. The second-order valence-electron chi connectivity index (χ2n) is 5.01. The van der Waals surface area contributed by atoms with Gasteiger partial charge in [-0.25, -0.2) is 18.0 Å². The van der Waals surface area contributed by atoms with Crippen molar-refractivity contribution in [1.82, 2.24) is 0 Å². The van der Waals surface area contributed by atoms with Gasteiger partial charge in [-0.05, 0) is 18.2 Å². The van der Waals surface area contributed by atoms with Gasteiger partial charge in [-0.3, -0.25) is 0 Å². The Morgan fingerprint density at radius 3 is 2.50 bits per heavy atom. The number of nitrogens with zero attached hydrogens (tertiary/aromatic N) is 1. The number of halogens is 3. The summed E-state index contributed by atoms with van der Waals surface area (Å²) in [7, 11) is 1.13. The van der Waals surface area contributed by atoms with Gasteiger partial charge >= 0.3 is 5.97 Å². The molecule has 1 aliphatic rings. The molecule has 0 saturated heterocycles. The van der Waals surface area contributed by atoms with Gasteiger partial charge in [0.2, 0.25) is 5.76 Å². The van der Waals surface area contributed by atoms with Crippen molar-refractivity contribution in [3.05, 3.63) is 71.4 Å². The molecule has 24 heavy (non-hydrogen) atoms. The molecule has 1 heterocycles. The highest BCUT2D eigenvalue weighted by atomic mass is 19.1. The van der Waals surface area contributed by atoms with Crippen LogP contribution in [-0.4, -0.2) is 13.1 Å². The van der Waals surface area contributed by atoms with Crippen LogP contribution >= 0.6 is 0 Å². The summed E-state index contributed by atoms with van der Waals surface area (Å²) in [5.74, 6) is -3.75. The maximum atomic E-state index is 14.2. The van der Waals surface area contributed by atoms with E-state index in [1.807, 2.05) is 0 Å². The molecule has 0 saturated carbocycles. The highest BCUT2D eigenvalue weighted by Crippen LogP contribution is 2.39. The van der Waals surface area contributed by atoms with Crippen molar-refractivity contribution < 1.29 is 27.4 Å². The summed E-state index contributed by atoms with van der Waals surface area (Å²) >= 11 is 0. The summed E-state index contributed by atoms with van der Waals surface area (Å²) in [6, 6.07) is 7.71. The molecule has 0 aromatic heterocycles. The first-order chi connectivity index (χ1) is 11.5. The Labute approximate surface area is 135 Å². The third-order valence-corrected chi connectivity index (χ3v) is 3.49. The molecule has 2 aromatic rings. The van der Waals surface area contributed by atoms with E-state index in [0.29, 0.717) is 0 Å². The molecule has 0 bridgehead atoms. The first kappa shape index (κ1) is 15.9. The zero-order valence-electron chi connectivity index (χ0n) is 12.6. The number of ether oxygens (including phenoxy) is 2. The van der Waals surface area contributed by atoms with Gasteiger partial charge in [0.05, 0.1) is 19.9 Å². The van der Waals surface area contributed by atoms with Gasteiger partial charge in [-0.2, -0.15) is 0 Å². The number of anilines is 1. The molecule has 0 amide bonds. The lowest BCUT2D eigenvalue weighted by Crippen LogP contribution is -2.27. The Hall–Kier alpha value is -2.96. The molecule has 0 spiro atoms. The number of rotatable bonds is 3. The van der Waals surface area contributed by atoms with Crippen LogP contribution in [-0.2, 0) is 16.1 Å². The quantitative estimate of drug-likeness (QED) is 0.805. The summed E-state index contributed by atoms with van der Waals surface area (Å²) in [5, 5.41) is 0. The lowest BCUT2D eigenvalue weighted by atomic mass is 10.1. The van der Waals surface area contributed by atoms with Crippen molar-refractivity contribution in [2.24, 2.45) is 0 Å². The van der Waals surface area contributed by atoms with Crippen LogP contribution in [0.5, 0.6) is 5.75 Å². The predicted octanol–water partition coefficient (Wildman–Crippen LogP) is 3.52. The molecule has 0 N–H and O–H groups in total. The highest BCUT2D eigenvalue weighted by molar-refractivity contribution is 5.88. The van der Waals surface area contributed by atoms with Crippen LogP contribution in [0.15, 0.2) is 48.4 Å². The van der Waals surface area contributed by atoms with E-state index < -0.39 is 29.2 Å². The molecule has 124 valence electrons. The topological polar surface area (TPSA) is 38.8 Å². The Morgan fingerprint density at radius 1 is 1.08 bits per heavy atom. The summed E-state index contributed by atoms with van der Waals surface area (Å²) in [6.45, 7) is -0.121. The van der Waals surface area contributed by atoms with Crippen molar-refractivity contribution in [1.29, 1.82) is 0 Å². The number of benzene rings is 2. The van der Waals surface area contributed by atoms with Crippen LogP contribution in [0.25, 0.3) is 0 Å². The fourth-order valence-electron chi connectivity index (χ4n) is 2.36. The molecule has 2 aromatic carbocycles. The maximum Gasteiger partial charge on any atom is 0.375 e. The summed E-state index contributed by atoms with van der Waals surface area (Å²) in [5.41, 5.74) is 0.0281. The average Bonchev–Trinajstić information content (AvgIpc) is 2.59. The minimum atomic E-state index is -0.858. The van der Waals surface area contributed by atoms with Crippen molar-refractivity contribution in [2.45, 2.75) is 6.54 Å². The number of hydrogen-bond acceptors (Lipinski definition) is 4. The molecule has 4 nitrogen and oxygen atoms in total. The van der Waals surface area contributed by atoms with Crippen LogP contribution in [0.3, 0.4) is 0 Å². The van der Waals surface area contributed by atoms with Crippen LogP contribution < -0.4 is 9.64 Å². The minimum absolute atomic E-state index is 0.121. The molecule has 1 aliphatic heterocycles. The third kappa shape index (κ3) is 2.80. The largest absolute Gasteiger partial charge is 0.463 e. The van der Waals surface area contributed by atoms with Crippen molar-refractivity contribution in [3.8, 4) is 5.75 Å². The van der Waals surface area contributed by atoms with Crippen LogP contribution in [0.4, 0.5) is 18.9 Å². The number of methoxy groups -OCH3 is 1. The minimum Gasteiger partial charge on any atom is -0.463 e. The van der Waals surface area contributed by atoms with E-state index in [2.05, 4.69) is 4.74 Å². The van der Waals surface area contributed by atoms with Gasteiger partial charge in [0.25, 0.3) is 0 Å². The highest BCUT2D eigenvalue weighted by Gasteiger charge is 2.30. The van der Waals surface area contributed by atoms with Crippen molar-refractivity contribution in [3.63, 3.8) is 0 Å². The third-order valence-electron chi connectivity index (χ3n) is 3.49. The van der Waals surface area contributed by atoms with E-state index in [0.717, 1.165) is 25.4 Å². The molecule has 0 radical (unpaired) electrons. The zero-order chi connectivity index (χ0) is 17.3. The molecule has 0 atom stereocenters. The fraction of sp³-hybridized carbons (Fsp3) is 0.118. The molecule has 3 rings (SSSR count). The molecular weight excluding hydrogens is 323 g/mol. The normalized spacial score (nSPS) is 13.0. The van der Waals surface area contributed by atoms with Crippen LogP contribution in [0, 0.1) is 17.5 Å². The Balaban J connectivity index is 2.09. The van der Waals surface area contributed by atoms with E-state index in [9.17, 15) is 18.0 Å². The van der Waals surface area contributed by atoms with Gasteiger partial charge < -0.3 is 14.4 Å². The summed E-state index contributed by atoms with van der Waals surface area (Å²) in [6.07, 6.45) is 1.16. The molecule has 7 heteroatoms.